The van der Waals surface area contributed by atoms with Crippen molar-refractivity contribution < 1.29 is 32.6 Å². The second-order valence-corrected chi connectivity index (χ2v) is 10.6. The van der Waals surface area contributed by atoms with Gasteiger partial charge in [0.05, 0.1) is 16.5 Å². The summed E-state index contributed by atoms with van der Waals surface area (Å²) >= 11 is 3.29. The number of halogens is 1. The molecule has 0 saturated carbocycles. The Balaban J connectivity index is 1.54. The topological polar surface area (TPSA) is 133 Å². The SMILES string of the molecule is COc1ccc(S(=O)(=O)N2CCN(C(=O)CC[C@H](NC(=O)c3ccccc3)C(=O)O)CC2)cc1Br. The van der Waals surface area contributed by atoms with Crippen LogP contribution in [0.25, 0.3) is 0 Å². The highest BCUT2D eigenvalue weighted by molar-refractivity contribution is 9.10. The van der Waals surface area contributed by atoms with E-state index in [0.717, 1.165) is 0 Å². The van der Waals surface area contributed by atoms with Crippen molar-refractivity contribution in [3.8, 4) is 5.75 Å². The van der Waals surface area contributed by atoms with Crippen LogP contribution in [0.1, 0.15) is 23.2 Å². The van der Waals surface area contributed by atoms with E-state index >= 15 is 0 Å². The average Bonchev–Trinajstić information content (AvgIpc) is 2.86. The van der Waals surface area contributed by atoms with Crippen LogP contribution >= 0.6 is 15.9 Å². The quantitative estimate of drug-likeness (QED) is 0.473. The molecule has 1 saturated heterocycles. The molecule has 1 heterocycles. The molecule has 0 aromatic heterocycles. The molecule has 3 rings (SSSR count). The molecule has 0 unspecified atom stereocenters. The van der Waals surface area contributed by atoms with Gasteiger partial charge in [0, 0.05) is 38.2 Å². The summed E-state index contributed by atoms with van der Waals surface area (Å²) in [5.41, 5.74) is 0.325. The molecule has 1 fully saturated rings. The van der Waals surface area contributed by atoms with E-state index in [1.165, 1.54) is 28.4 Å². The molecule has 10 nitrogen and oxygen atoms in total. The van der Waals surface area contributed by atoms with Gasteiger partial charge in [-0.2, -0.15) is 4.31 Å². The molecule has 0 radical (unpaired) electrons. The van der Waals surface area contributed by atoms with Gasteiger partial charge in [-0.3, -0.25) is 9.59 Å². The van der Waals surface area contributed by atoms with Crippen LogP contribution < -0.4 is 10.1 Å². The third-order valence-electron chi connectivity index (χ3n) is 5.64. The minimum Gasteiger partial charge on any atom is -0.496 e. The summed E-state index contributed by atoms with van der Waals surface area (Å²) in [6.45, 7) is 0.600. The first kappa shape index (κ1) is 26.6. The van der Waals surface area contributed by atoms with Crippen LogP contribution in [0.4, 0.5) is 0 Å². The van der Waals surface area contributed by atoms with Crippen molar-refractivity contribution in [2.24, 2.45) is 0 Å². The van der Waals surface area contributed by atoms with Gasteiger partial charge in [-0.25, -0.2) is 13.2 Å². The number of carbonyl (C=O) groups excluding carboxylic acids is 2. The number of nitrogens with one attached hydrogen (secondary N) is 1. The third kappa shape index (κ3) is 6.59. The first-order chi connectivity index (χ1) is 16.6. The third-order valence-corrected chi connectivity index (χ3v) is 8.15. The van der Waals surface area contributed by atoms with Crippen molar-refractivity contribution in [1.82, 2.24) is 14.5 Å². The van der Waals surface area contributed by atoms with Gasteiger partial charge in [0.15, 0.2) is 0 Å². The number of sulfonamides is 1. The maximum absolute atomic E-state index is 13.0. The number of amides is 2. The fourth-order valence-electron chi connectivity index (χ4n) is 3.65. The molecule has 0 aliphatic carbocycles. The highest BCUT2D eigenvalue weighted by Crippen LogP contribution is 2.29. The number of hydrogen-bond donors (Lipinski definition) is 2. The number of nitrogens with zero attached hydrogens (tertiary/aromatic N) is 2. The minimum atomic E-state index is -3.75. The summed E-state index contributed by atoms with van der Waals surface area (Å²) in [5, 5.41) is 11.9. The van der Waals surface area contributed by atoms with Crippen LogP contribution in [0, 0.1) is 0 Å². The molecule has 188 valence electrons. The fourth-order valence-corrected chi connectivity index (χ4v) is 5.79. The van der Waals surface area contributed by atoms with E-state index in [-0.39, 0.29) is 49.8 Å². The summed E-state index contributed by atoms with van der Waals surface area (Å²) in [5.74, 6) is -1.55. The van der Waals surface area contributed by atoms with Gasteiger partial charge >= 0.3 is 5.97 Å². The number of aliphatic carboxylic acids is 1. The number of carbonyl (C=O) groups is 3. The Labute approximate surface area is 212 Å². The molecule has 2 aromatic carbocycles. The van der Waals surface area contributed by atoms with Crippen molar-refractivity contribution in [2.45, 2.75) is 23.8 Å². The molecular weight excluding hydrogens is 542 g/mol. The maximum atomic E-state index is 13.0. The number of hydrogen-bond acceptors (Lipinski definition) is 6. The monoisotopic (exact) mass is 567 g/mol. The number of rotatable bonds is 9. The standard InChI is InChI=1S/C23H26BrN3O7S/c1-34-20-9-7-17(15-18(20)24)35(32,33)27-13-11-26(12-14-27)21(28)10-8-19(23(30)31)25-22(29)16-5-3-2-4-6-16/h2-7,9,15,19H,8,10-14H2,1H3,(H,25,29)(H,30,31)/t19-/m0/s1. The molecular formula is C23H26BrN3O7S. The number of piperazine rings is 1. The molecule has 2 amide bonds. The van der Waals surface area contributed by atoms with Gasteiger partial charge in [-0.05, 0) is 52.7 Å². The molecule has 12 heteroatoms. The van der Waals surface area contributed by atoms with Gasteiger partial charge in [-0.15, -0.1) is 0 Å². The van der Waals surface area contributed by atoms with Crippen molar-refractivity contribution in [3.05, 3.63) is 58.6 Å². The molecule has 1 aliphatic heterocycles. The zero-order chi connectivity index (χ0) is 25.6. The van der Waals surface area contributed by atoms with E-state index in [0.29, 0.717) is 15.8 Å². The number of benzene rings is 2. The normalized spacial score (nSPS) is 15.3. The van der Waals surface area contributed by atoms with Gasteiger partial charge < -0.3 is 20.1 Å². The summed E-state index contributed by atoms with van der Waals surface area (Å²) < 4.78 is 32.9. The van der Waals surface area contributed by atoms with E-state index in [4.69, 9.17) is 4.74 Å². The zero-order valence-electron chi connectivity index (χ0n) is 19.0. The lowest BCUT2D eigenvalue weighted by Crippen LogP contribution is -2.50. The van der Waals surface area contributed by atoms with Gasteiger partial charge in [0.1, 0.15) is 11.8 Å². The zero-order valence-corrected chi connectivity index (χ0v) is 21.4. The van der Waals surface area contributed by atoms with E-state index in [9.17, 15) is 27.9 Å². The molecule has 1 aliphatic rings. The van der Waals surface area contributed by atoms with Crippen molar-refractivity contribution in [3.63, 3.8) is 0 Å². The van der Waals surface area contributed by atoms with Crippen molar-refractivity contribution in [2.75, 3.05) is 33.3 Å². The van der Waals surface area contributed by atoms with E-state index in [1.807, 2.05) is 0 Å². The maximum Gasteiger partial charge on any atom is 0.326 e. The first-order valence-electron chi connectivity index (χ1n) is 10.8. The minimum absolute atomic E-state index is 0.0782. The van der Waals surface area contributed by atoms with Crippen LogP contribution in [-0.2, 0) is 19.6 Å². The largest absolute Gasteiger partial charge is 0.496 e. The van der Waals surface area contributed by atoms with E-state index in [2.05, 4.69) is 21.2 Å². The molecule has 0 spiro atoms. The Bertz CT molecular complexity index is 1180. The smallest absolute Gasteiger partial charge is 0.326 e. The molecule has 2 aromatic rings. The Morgan fingerprint density at radius 3 is 2.31 bits per heavy atom. The lowest BCUT2D eigenvalue weighted by atomic mass is 10.1. The average molecular weight is 568 g/mol. The predicted octanol–water partition coefficient (Wildman–Crippen LogP) is 1.95. The predicted molar refractivity (Wildman–Crippen MR) is 131 cm³/mol. The summed E-state index contributed by atoms with van der Waals surface area (Å²) in [6.07, 6.45) is -0.171. The Kier molecular flexibility index (Phi) is 8.87. The number of carboxylic acids is 1. The number of methoxy groups -OCH3 is 1. The Morgan fingerprint density at radius 1 is 1.09 bits per heavy atom. The van der Waals surface area contributed by atoms with Crippen LogP contribution in [0.5, 0.6) is 5.75 Å². The Hall–Kier alpha value is -2.96. The summed E-state index contributed by atoms with van der Waals surface area (Å²) in [4.78, 5) is 38.1. The van der Waals surface area contributed by atoms with Gasteiger partial charge in [0.25, 0.3) is 5.91 Å². The van der Waals surface area contributed by atoms with Crippen LogP contribution in [-0.4, -0.2) is 79.8 Å². The fraction of sp³-hybridized carbons (Fsp3) is 0.348. The highest BCUT2D eigenvalue weighted by atomic mass is 79.9. The van der Waals surface area contributed by atoms with Crippen LogP contribution in [0.2, 0.25) is 0 Å². The van der Waals surface area contributed by atoms with Crippen molar-refractivity contribution >= 4 is 43.7 Å². The summed E-state index contributed by atoms with van der Waals surface area (Å²) in [7, 11) is -2.26. The molecule has 2 N–H and O–H groups in total. The summed E-state index contributed by atoms with van der Waals surface area (Å²) in [6, 6.07) is 11.5. The number of carboxylic acid groups (broad SMARTS) is 1. The van der Waals surface area contributed by atoms with E-state index < -0.39 is 27.9 Å². The Morgan fingerprint density at radius 2 is 1.74 bits per heavy atom. The van der Waals surface area contributed by atoms with Crippen LogP contribution in [0.3, 0.4) is 0 Å². The lowest BCUT2D eigenvalue weighted by Gasteiger charge is -2.34. The van der Waals surface area contributed by atoms with Gasteiger partial charge in [0.2, 0.25) is 15.9 Å². The molecule has 0 bridgehead atoms. The van der Waals surface area contributed by atoms with Gasteiger partial charge in [-0.1, -0.05) is 18.2 Å². The lowest BCUT2D eigenvalue weighted by molar-refractivity contribution is -0.139. The molecule has 1 atom stereocenters. The van der Waals surface area contributed by atoms with Crippen molar-refractivity contribution in [1.29, 1.82) is 0 Å². The number of ether oxygens (including phenoxy) is 1. The molecule has 35 heavy (non-hydrogen) atoms. The highest BCUT2D eigenvalue weighted by Gasteiger charge is 2.31. The second kappa shape index (κ2) is 11.6. The first-order valence-corrected chi connectivity index (χ1v) is 13.1. The van der Waals surface area contributed by atoms with E-state index in [1.54, 1.807) is 36.4 Å². The van der Waals surface area contributed by atoms with Crippen LogP contribution in [0.15, 0.2) is 57.9 Å². The second-order valence-electron chi connectivity index (χ2n) is 7.85.